The zero-order valence-electron chi connectivity index (χ0n) is 12.9. The van der Waals surface area contributed by atoms with Crippen LogP contribution in [0.3, 0.4) is 0 Å². The SMILES string of the molecule is COc1ccc(C2Cc3c(cc(C)c(OC)c3C)O2)cc1. The number of hydrogen-bond donors (Lipinski definition) is 0. The summed E-state index contributed by atoms with van der Waals surface area (Å²) in [6.07, 6.45) is 0.945. The lowest BCUT2D eigenvalue weighted by molar-refractivity contribution is 0.238. The molecule has 0 saturated heterocycles. The third-order valence-electron chi connectivity index (χ3n) is 4.15. The first kappa shape index (κ1) is 13.8. The van der Waals surface area contributed by atoms with Crippen LogP contribution in [0.15, 0.2) is 30.3 Å². The summed E-state index contributed by atoms with van der Waals surface area (Å²) in [5.74, 6) is 2.81. The van der Waals surface area contributed by atoms with Crippen LogP contribution in [0.4, 0.5) is 0 Å². The Bertz CT molecular complexity index is 659. The maximum Gasteiger partial charge on any atom is 0.128 e. The average molecular weight is 284 g/mol. The molecule has 3 heteroatoms. The third-order valence-corrected chi connectivity index (χ3v) is 4.15. The van der Waals surface area contributed by atoms with Gasteiger partial charge in [-0.2, -0.15) is 0 Å². The molecule has 0 saturated carbocycles. The van der Waals surface area contributed by atoms with Gasteiger partial charge in [-0.3, -0.25) is 0 Å². The van der Waals surface area contributed by atoms with Gasteiger partial charge in [0.2, 0.25) is 0 Å². The highest BCUT2D eigenvalue weighted by Gasteiger charge is 2.28. The standard InChI is InChI=1S/C18H20O3/c1-11-9-17-15(12(2)18(11)20-4)10-16(21-17)13-5-7-14(19-3)8-6-13/h5-9,16H,10H2,1-4H3. The van der Waals surface area contributed by atoms with Gasteiger partial charge in [-0.05, 0) is 48.7 Å². The van der Waals surface area contributed by atoms with E-state index in [2.05, 4.69) is 32.0 Å². The predicted octanol–water partition coefficient (Wildman–Crippen LogP) is 4.00. The minimum absolute atomic E-state index is 0.0658. The van der Waals surface area contributed by atoms with Gasteiger partial charge < -0.3 is 14.2 Å². The van der Waals surface area contributed by atoms with Crippen molar-refractivity contribution < 1.29 is 14.2 Å². The van der Waals surface area contributed by atoms with Crippen LogP contribution < -0.4 is 14.2 Å². The Labute approximate surface area is 125 Å². The highest BCUT2D eigenvalue weighted by Crippen LogP contribution is 2.43. The molecule has 2 aromatic carbocycles. The summed E-state index contributed by atoms with van der Waals surface area (Å²) in [6, 6.07) is 10.1. The van der Waals surface area contributed by atoms with Crippen molar-refractivity contribution in [2.75, 3.05) is 14.2 Å². The molecule has 1 heterocycles. The summed E-state index contributed by atoms with van der Waals surface area (Å²) in [5.41, 5.74) is 4.72. The van der Waals surface area contributed by atoms with Crippen molar-refractivity contribution in [2.45, 2.75) is 26.4 Å². The summed E-state index contributed by atoms with van der Waals surface area (Å²) in [6.45, 7) is 4.15. The molecule has 0 spiro atoms. The molecule has 1 atom stereocenters. The second kappa shape index (κ2) is 5.32. The van der Waals surface area contributed by atoms with E-state index in [1.807, 2.05) is 12.1 Å². The highest BCUT2D eigenvalue weighted by atomic mass is 16.5. The van der Waals surface area contributed by atoms with Crippen molar-refractivity contribution in [1.82, 2.24) is 0 Å². The Morgan fingerprint density at radius 2 is 1.76 bits per heavy atom. The number of rotatable bonds is 3. The summed E-state index contributed by atoms with van der Waals surface area (Å²) in [4.78, 5) is 0. The van der Waals surface area contributed by atoms with E-state index >= 15 is 0 Å². The highest BCUT2D eigenvalue weighted by molar-refractivity contribution is 5.55. The molecule has 1 aliphatic heterocycles. The van der Waals surface area contributed by atoms with Gasteiger partial charge in [0.25, 0.3) is 0 Å². The fraction of sp³-hybridized carbons (Fsp3) is 0.333. The molecule has 3 nitrogen and oxygen atoms in total. The van der Waals surface area contributed by atoms with Gasteiger partial charge >= 0.3 is 0 Å². The first-order chi connectivity index (χ1) is 10.1. The topological polar surface area (TPSA) is 27.7 Å². The molecule has 0 amide bonds. The molecule has 21 heavy (non-hydrogen) atoms. The van der Waals surface area contributed by atoms with Crippen molar-refractivity contribution in [3.8, 4) is 17.2 Å². The quantitative estimate of drug-likeness (QED) is 0.852. The second-order valence-electron chi connectivity index (χ2n) is 5.41. The Balaban J connectivity index is 1.92. The number of hydrogen-bond acceptors (Lipinski definition) is 3. The van der Waals surface area contributed by atoms with Crippen LogP contribution in [0, 0.1) is 13.8 Å². The van der Waals surface area contributed by atoms with E-state index in [1.54, 1.807) is 14.2 Å². The van der Waals surface area contributed by atoms with Crippen LogP contribution >= 0.6 is 0 Å². The van der Waals surface area contributed by atoms with Gasteiger partial charge in [-0.1, -0.05) is 12.1 Å². The van der Waals surface area contributed by atoms with Crippen molar-refractivity contribution in [2.24, 2.45) is 0 Å². The van der Waals surface area contributed by atoms with E-state index in [0.29, 0.717) is 0 Å². The van der Waals surface area contributed by atoms with Gasteiger partial charge in [-0.25, -0.2) is 0 Å². The van der Waals surface area contributed by atoms with Gasteiger partial charge in [0.05, 0.1) is 14.2 Å². The molecule has 0 bridgehead atoms. The molecular formula is C18H20O3. The summed E-state index contributed by atoms with van der Waals surface area (Å²) in [5, 5.41) is 0. The van der Waals surface area contributed by atoms with Gasteiger partial charge in [0.1, 0.15) is 23.4 Å². The van der Waals surface area contributed by atoms with Crippen LogP contribution in [-0.2, 0) is 6.42 Å². The zero-order valence-corrected chi connectivity index (χ0v) is 12.9. The Morgan fingerprint density at radius 1 is 1.05 bits per heavy atom. The molecule has 1 aliphatic rings. The van der Waals surface area contributed by atoms with Crippen molar-refractivity contribution in [3.05, 3.63) is 52.6 Å². The molecule has 0 aromatic heterocycles. The molecule has 1 unspecified atom stereocenters. The fourth-order valence-corrected chi connectivity index (χ4v) is 3.02. The summed E-state index contributed by atoms with van der Waals surface area (Å²) in [7, 11) is 3.40. The summed E-state index contributed by atoms with van der Waals surface area (Å²) < 4.78 is 16.8. The van der Waals surface area contributed by atoms with E-state index in [4.69, 9.17) is 14.2 Å². The first-order valence-electron chi connectivity index (χ1n) is 7.11. The summed E-state index contributed by atoms with van der Waals surface area (Å²) >= 11 is 0. The molecule has 0 N–H and O–H groups in total. The van der Waals surface area contributed by atoms with Crippen molar-refractivity contribution in [1.29, 1.82) is 0 Å². The molecular weight excluding hydrogens is 264 g/mol. The minimum atomic E-state index is 0.0658. The number of benzene rings is 2. The van der Waals surface area contributed by atoms with Crippen molar-refractivity contribution in [3.63, 3.8) is 0 Å². The molecule has 0 aliphatic carbocycles. The van der Waals surface area contributed by atoms with Gasteiger partial charge in [-0.15, -0.1) is 0 Å². The molecule has 0 fully saturated rings. The number of ether oxygens (including phenoxy) is 3. The maximum absolute atomic E-state index is 6.13. The molecule has 110 valence electrons. The smallest absolute Gasteiger partial charge is 0.128 e. The van der Waals surface area contributed by atoms with E-state index in [9.17, 15) is 0 Å². The maximum atomic E-state index is 6.13. The van der Waals surface area contributed by atoms with Crippen LogP contribution in [0.5, 0.6) is 17.2 Å². The number of methoxy groups -OCH3 is 2. The molecule has 2 aromatic rings. The Kier molecular flexibility index (Phi) is 3.50. The Morgan fingerprint density at radius 3 is 2.38 bits per heavy atom. The normalized spacial score (nSPS) is 16.3. The first-order valence-corrected chi connectivity index (χ1v) is 7.11. The van der Waals surface area contributed by atoms with E-state index in [0.717, 1.165) is 29.2 Å². The molecule has 0 radical (unpaired) electrons. The van der Waals surface area contributed by atoms with Crippen molar-refractivity contribution >= 4 is 0 Å². The predicted molar refractivity (Wildman–Crippen MR) is 82.5 cm³/mol. The second-order valence-corrected chi connectivity index (χ2v) is 5.41. The number of aryl methyl sites for hydroxylation is 1. The lowest BCUT2D eigenvalue weighted by Crippen LogP contribution is -2.02. The van der Waals surface area contributed by atoms with Crippen LogP contribution in [0.2, 0.25) is 0 Å². The van der Waals surface area contributed by atoms with Gasteiger partial charge in [0, 0.05) is 12.0 Å². The van der Waals surface area contributed by atoms with Crippen LogP contribution in [0.25, 0.3) is 0 Å². The van der Waals surface area contributed by atoms with E-state index in [-0.39, 0.29) is 6.10 Å². The third kappa shape index (κ3) is 2.33. The monoisotopic (exact) mass is 284 g/mol. The number of fused-ring (bicyclic) bond motifs is 1. The fourth-order valence-electron chi connectivity index (χ4n) is 3.02. The average Bonchev–Trinajstić information content (AvgIpc) is 2.92. The van der Waals surface area contributed by atoms with Crippen LogP contribution in [-0.4, -0.2) is 14.2 Å². The minimum Gasteiger partial charge on any atom is -0.497 e. The Hall–Kier alpha value is -2.16. The zero-order chi connectivity index (χ0) is 15.0. The van der Waals surface area contributed by atoms with E-state index < -0.39 is 0 Å². The molecule has 3 rings (SSSR count). The van der Waals surface area contributed by atoms with Crippen LogP contribution in [0.1, 0.15) is 28.4 Å². The largest absolute Gasteiger partial charge is 0.497 e. The lowest BCUT2D eigenvalue weighted by atomic mass is 9.98. The van der Waals surface area contributed by atoms with Gasteiger partial charge in [0.15, 0.2) is 0 Å². The van der Waals surface area contributed by atoms with E-state index in [1.165, 1.54) is 16.7 Å². The lowest BCUT2D eigenvalue weighted by Gasteiger charge is -2.12.